The van der Waals surface area contributed by atoms with Crippen molar-refractivity contribution in [3.05, 3.63) is 48.2 Å². The maximum Gasteiger partial charge on any atom is 0.234 e. The van der Waals surface area contributed by atoms with E-state index in [1.807, 2.05) is 50.4 Å². The molecule has 2 aromatic carbocycles. The maximum atomic E-state index is 12.1. The molecule has 0 bridgehead atoms. The topological polar surface area (TPSA) is 73.6 Å². The van der Waals surface area contributed by atoms with E-state index in [2.05, 4.69) is 21.4 Å². The van der Waals surface area contributed by atoms with Crippen molar-refractivity contribution in [2.24, 2.45) is 0 Å². The molecule has 0 saturated carbocycles. The third-order valence-corrected chi connectivity index (χ3v) is 4.95. The number of benzene rings is 2. The number of aromatic nitrogens is 3. The van der Waals surface area contributed by atoms with E-state index in [9.17, 15) is 4.79 Å². The van der Waals surface area contributed by atoms with Crippen LogP contribution in [-0.4, -0.2) is 20.9 Å². The van der Waals surface area contributed by atoms with Crippen LogP contribution < -0.4 is 5.32 Å². The Morgan fingerprint density at radius 1 is 1.08 bits per heavy atom. The summed E-state index contributed by atoms with van der Waals surface area (Å²) in [5, 5.41) is 4.10. The van der Waals surface area contributed by atoms with Gasteiger partial charge in [-0.05, 0) is 37.6 Å². The van der Waals surface area contributed by atoms with Crippen LogP contribution in [0.1, 0.15) is 19.4 Å². The molecule has 0 aliphatic carbocycles. The van der Waals surface area contributed by atoms with E-state index in [0.717, 1.165) is 44.6 Å². The number of hydrogen-bond acceptors (Lipinski definition) is 2. The molecule has 2 aromatic heterocycles. The van der Waals surface area contributed by atoms with Crippen molar-refractivity contribution in [3.63, 3.8) is 0 Å². The zero-order chi connectivity index (χ0) is 16.5. The van der Waals surface area contributed by atoms with E-state index in [-0.39, 0.29) is 5.91 Å². The second kappa shape index (κ2) is 4.26. The highest BCUT2D eigenvalue weighted by Gasteiger charge is 2.38. The fraction of sp³-hybridized carbons (Fsp3) is 0.158. The SMILES string of the molecule is CC1(C)C(=O)Nc2cc3[nH]c(-c4c[nH]c5ccccc45)nc3cc21. The standard InChI is InChI=1S/C19H16N4O/c1-19(2)12-7-15-16(8-14(12)23-18(19)24)22-17(21-15)11-9-20-13-6-4-3-5-10(11)13/h3-9,20H,1-2H3,(H,21,22)(H,23,24). The number of para-hydroxylation sites is 1. The third kappa shape index (κ3) is 1.64. The van der Waals surface area contributed by atoms with Gasteiger partial charge in [-0.2, -0.15) is 0 Å². The molecule has 4 aromatic rings. The lowest BCUT2D eigenvalue weighted by molar-refractivity contribution is -0.119. The lowest BCUT2D eigenvalue weighted by atomic mass is 9.86. The van der Waals surface area contributed by atoms with Crippen LogP contribution in [0.4, 0.5) is 5.69 Å². The second-order valence-electron chi connectivity index (χ2n) is 6.83. The van der Waals surface area contributed by atoms with Gasteiger partial charge >= 0.3 is 0 Å². The van der Waals surface area contributed by atoms with Crippen LogP contribution in [0.3, 0.4) is 0 Å². The quantitative estimate of drug-likeness (QED) is 0.497. The number of hydrogen-bond donors (Lipinski definition) is 3. The number of anilines is 1. The van der Waals surface area contributed by atoms with Crippen LogP contribution in [0, 0.1) is 0 Å². The van der Waals surface area contributed by atoms with Gasteiger partial charge in [0.15, 0.2) is 0 Å². The molecule has 1 amide bonds. The predicted octanol–water partition coefficient (Wildman–Crippen LogP) is 3.94. The van der Waals surface area contributed by atoms with Gasteiger partial charge in [0.2, 0.25) is 5.91 Å². The van der Waals surface area contributed by atoms with Crippen molar-refractivity contribution in [1.29, 1.82) is 0 Å². The van der Waals surface area contributed by atoms with Crippen molar-refractivity contribution >= 4 is 33.5 Å². The first-order valence-corrected chi connectivity index (χ1v) is 7.96. The van der Waals surface area contributed by atoms with Crippen molar-refractivity contribution in [2.75, 3.05) is 5.32 Å². The number of aromatic amines is 2. The molecule has 3 heterocycles. The number of carbonyl (C=O) groups excluding carboxylic acids is 1. The summed E-state index contributed by atoms with van der Waals surface area (Å²) in [5.41, 5.74) is 5.27. The van der Waals surface area contributed by atoms with Gasteiger partial charge in [-0.15, -0.1) is 0 Å². The average Bonchev–Trinajstić information content (AvgIpc) is 3.21. The Bertz CT molecular complexity index is 1130. The molecule has 5 heteroatoms. The number of nitrogens with zero attached hydrogens (tertiary/aromatic N) is 1. The number of rotatable bonds is 1. The lowest BCUT2D eigenvalue weighted by Crippen LogP contribution is -2.26. The number of carbonyl (C=O) groups is 1. The van der Waals surface area contributed by atoms with Crippen LogP contribution in [0.5, 0.6) is 0 Å². The first-order chi connectivity index (χ1) is 11.5. The number of fused-ring (bicyclic) bond motifs is 3. The smallest absolute Gasteiger partial charge is 0.234 e. The molecule has 1 aliphatic heterocycles. The van der Waals surface area contributed by atoms with E-state index in [4.69, 9.17) is 4.98 Å². The van der Waals surface area contributed by atoms with Gasteiger partial charge in [0.1, 0.15) is 5.82 Å². The molecule has 24 heavy (non-hydrogen) atoms. The Balaban J connectivity index is 1.72. The molecular formula is C19H16N4O. The molecule has 5 nitrogen and oxygen atoms in total. The van der Waals surface area contributed by atoms with E-state index in [1.165, 1.54) is 0 Å². The summed E-state index contributed by atoms with van der Waals surface area (Å²) in [6, 6.07) is 12.2. The number of imidazole rings is 1. The summed E-state index contributed by atoms with van der Waals surface area (Å²) in [5.74, 6) is 0.859. The Kier molecular flexibility index (Phi) is 2.37. The van der Waals surface area contributed by atoms with E-state index in [0.29, 0.717) is 0 Å². The van der Waals surface area contributed by atoms with Crippen LogP contribution >= 0.6 is 0 Å². The fourth-order valence-corrected chi connectivity index (χ4v) is 3.47. The molecule has 118 valence electrons. The minimum absolute atomic E-state index is 0.0296. The maximum absolute atomic E-state index is 12.1. The summed E-state index contributed by atoms with van der Waals surface area (Å²) in [6.07, 6.45) is 1.97. The second-order valence-corrected chi connectivity index (χ2v) is 6.83. The fourth-order valence-electron chi connectivity index (χ4n) is 3.47. The van der Waals surface area contributed by atoms with Crippen LogP contribution in [0.15, 0.2) is 42.6 Å². The highest BCUT2D eigenvalue weighted by Crippen LogP contribution is 2.40. The molecule has 0 fully saturated rings. The zero-order valence-electron chi connectivity index (χ0n) is 13.4. The molecule has 5 rings (SSSR count). The van der Waals surface area contributed by atoms with E-state index < -0.39 is 5.41 Å². The van der Waals surface area contributed by atoms with Gasteiger partial charge in [0, 0.05) is 28.4 Å². The Labute approximate surface area is 138 Å². The van der Waals surface area contributed by atoms with E-state index >= 15 is 0 Å². The van der Waals surface area contributed by atoms with Gasteiger partial charge in [-0.3, -0.25) is 4.79 Å². The van der Waals surface area contributed by atoms with Crippen molar-refractivity contribution in [2.45, 2.75) is 19.3 Å². The van der Waals surface area contributed by atoms with Gasteiger partial charge in [0.05, 0.1) is 16.4 Å². The number of H-pyrrole nitrogens is 2. The van der Waals surface area contributed by atoms with Gasteiger partial charge in [-0.25, -0.2) is 4.98 Å². The van der Waals surface area contributed by atoms with Crippen LogP contribution in [-0.2, 0) is 10.2 Å². The molecule has 0 radical (unpaired) electrons. The van der Waals surface area contributed by atoms with Crippen LogP contribution in [0.2, 0.25) is 0 Å². The summed E-state index contributed by atoms with van der Waals surface area (Å²) in [6.45, 7) is 3.88. The largest absolute Gasteiger partial charge is 0.360 e. The minimum atomic E-state index is -0.524. The zero-order valence-corrected chi connectivity index (χ0v) is 13.4. The Hall–Kier alpha value is -3.08. The molecule has 3 N–H and O–H groups in total. The molecule has 0 atom stereocenters. The minimum Gasteiger partial charge on any atom is -0.360 e. The van der Waals surface area contributed by atoms with E-state index in [1.54, 1.807) is 0 Å². The van der Waals surface area contributed by atoms with Crippen molar-refractivity contribution in [1.82, 2.24) is 15.0 Å². The van der Waals surface area contributed by atoms with Crippen molar-refractivity contribution < 1.29 is 4.79 Å². The number of nitrogens with one attached hydrogen (secondary N) is 3. The van der Waals surface area contributed by atoms with Gasteiger partial charge in [0.25, 0.3) is 0 Å². The summed E-state index contributed by atoms with van der Waals surface area (Å²) >= 11 is 0. The molecule has 1 aliphatic rings. The Morgan fingerprint density at radius 3 is 2.79 bits per heavy atom. The monoisotopic (exact) mass is 316 g/mol. The van der Waals surface area contributed by atoms with Gasteiger partial charge in [-0.1, -0.05) is 18.2 Å². The summed E-state index contributed by atoms with van der Waals surface area (Å²) in [7, 11) is 0. The number of amides is 1. The third-order valence-electron chi connectivity index (χ3n) is 4.95. The van der Waals surface area contributed by atoms with Crippen LogP contribution in [0.25, 0.3) is 33.3 Å². The lowest BCUT2D eigenvalue weighted by Gasteiger charge is -2.14. The first-order valence-electron chi connectivity index (χ1n) is 7.96. The molecular weight excluding hydrogens is 300 g/mol. The molecule has 0 spiro atoms. The Morgan fingerprint density at radius 2 is 1.92 bits per heavy atom. The summed E-state index contributed by atoms with van der Waals surface area (Å²) < 4.78 is 0. The molecule has 0 saturated heterocycles. The normalized spacial score (nSPS) is 15.8. The van der Waals surface area contributed by atoms with Crippen molar-refractivity contribution in [3.8, 4) is 11.4 Å². The first kappa shape index (κ1) is 13.4. The predicted molar refractivity (Wildman–Crippen MR) is 95.0 cm³/mol. The highest BCUT2D eigenvalue weighted by molar-refractivity contribution is 6.08. The highest BCUT2D eigenvalue weighted by atomic mass is 16.2. The molecule has 0 unspecified atom stereocenters. The van der Waals surface area contributed by atoms with Gasteiger partial charge < -0.3 is 15.3 Å². The average molecular weight is 316 g/mol. The summed E-state index contributed by atoms with van der Waals surface area (Å²) in [4.78, 5) is 23.5.